The zero-order valence-electron chi connectivity index (χ0n) is 19.6. The number of carbonyl (C=O) groups is 1. The van der Waals surface area contributed by atoms with Crippen molar-refractivity contribution < 1.29 is 13.2 Å². The SMILES string of the molecule is CC(C)c1cc(C(=O)Nc2cccc(S(=O)(=O)NC(C)(C)C)c2)c2cnn(C(C)C)c2n1. The van der Waals surface area contributed by atoms with E-state index in [1.165, 1.54) is 12.1 Å². The first-order valence-corrected chi connectivity index (χ1v) is 12.1. The summed E-state index contributed by atoms with van der Waals surface area (Å²) in [5, 5.41) is 7.90. The van der Waals surface area contributed by atoms with Crippen LogP contribution in [0.5, 0.6) is 0 Å². The van der Waals surface area contributed by atoms with Gasteiger partial charge in [0, 0.05) is 23.0 Å². The highest BCUT2D eigenvalue weighted by Gasteiger charge is 2.23. The van der Waals surface area contributed by atoms with Gasteiger partial charge in [-0.1, -0.05) is 19.9 Å². The minimum atomic E-state index is -3.72. The van der Waals surface area contributed by atoms with E-state index in [1.54, 1.807) is 49.8 Å². The van der Waals surface area contributed by atoms with Crippen LogP contribution >= 0.6 is 0 Å². The summed E-state index contributed by atoms with van der Waals surface area (Å²) in [6, 6.07) is 8.08. The number of rotatable bonds is 6. The van der Waals surface area contributed by atoms with E-state index in [1.807, 2.05) is 27.7 Å². The topological polar surface area (TPSA) is 106 Å². The van der Waals surface area contributed by atoms with E-state index in [4.69, 9.17) is 4.98 Å². The van der Waals surface area contributed by atoms with Gasteiger partial charge in [-0.3, -0.25) is 4.79 Å². The van der Waals surface area contributed by atoms with Crippen molar-refractivity contribution in [3.63, 3.8) is 0 Å². The summed E-state index contributed by atoms with van der Waals surface area (Å²) >= 11 is 0. The molecule has 0 bridgehead atoms. The van der Waals surface area contributed by atoms with Crippen molar-refractivity contribution in [3.8, 4) is 0 Å². The van der Waals surface area contributed by atoms with Gasteiger partial charge in [-0.25, -0.2) is 22.8 Å². The quantitative estimate of drug-likeness (QED) is 0.568. The fourth-order valence-electron chi connectivity index (χ4n) is 3.30. The van der Waals surface area contributed by atoms with Crippen molar-refractivity contribution >= 4 is 32.7 Å². The molecule has 9 heteroatoms. The van der Waals surface area contributed by atoms with Gasteiger partial charge >= 0.3 is 0 Å². The molecule has 0 saturated heterocycles. The number of hydrogen-bond donors (Lipinski definition) is 2. The molecule has 3 rings (SSSR count). The average molecular weight is 458 g/mol. The lowest BCUT2D eigenvalue weighted by Crippen LogP contribution is -2.40. The normalized spacial score (nSPS) is 12.7. The monoisotopic (exact) mass is 457 g/mol. The molecule has 1 aromatic carbocycles. The molecule has 3 aromatic rings. The maximum Gasteiger partial charge on any atom is 0.256 e. The van der Waals surface area contributed by atoms with Crippen molar-refractivity contribution in [1.82, 2.24) is 19.5 Å². The fourth-order valence-corrected chi connectivity index (χ4v) is 4.76. The van der Waals surface area contributed by atoms with E-state index < -0.39 is 15.6 Å². The van der Waals surface area contributed by atoms with Crippen LogP contribution < -0.4 is 10.0 Å². The third kappa shape index (κ3) is 5.16. The number of pyridine rings is 1. The van der Waals surface area contributed by atoms with E-state index in [9.17, 15) is 13.2 Å². The second-order valence-electron chi connectivity index (χ2n) is 9.51. The van der Waals surface area contributed by atoms with Gasteiger partial charge in [0.05, 0.1) is 22.0 Å². The predicted octanol–water partition coefficient (Wildman–Crippen LogP) is 4.46. The lowest BCUT2D eigenvalue weighted by molar-refractivity contribution is 0.102. The van der Waals surface area contributed by atoms with Crippen LogP contribution in [-0.2, 0) is 10.0 Å². The zero-order chi connectivity index (χ0) is 23.8. The van der Waals surface area contributed by atoms with Crippen molar-refractivity contribution in [2.45, 2.75) is 70.9 Å². The molecular formula is C23H31N5O3S. The second-order valence-corrected chi connectivity index (χ2v) is 11.2. The maximum absolute atomic E-state index is 13.2. The van der Waals surface area contributed by atoms with E-state index in [-0.39, 0.29) is 22.8 Å². The van der Waals surface area contributed by atoms with Crippen LogP contribution in [0.3, 0.4) is 0 Å². The number of amides is 1. The van der Waals surface area contributed by atoms with Gasteiger partial charge in [0.25, 0.3) is 5.91 Å². The minimum absolute atomic E-state index is 0.0839. The van der Waals surface area contributed by atoms with Gasteiger partial charge in [0.1, 0.15) is 0 Å². The summed E-state index contributed by atoms with van der Waals surface area (Å²) in [5.41, 5.74) is 1.66. The number of hydrogen-bond acceptors (Lipinski definition) is 5. The Kier molecular flexibility index (Phi) is 6.44. The zero-order valence-corrected chi connectivity index (χ0v) is 20.4. The van der Waals surface area contributed by atoms with Crippen LogP contribution in [0, 0.1) is 0 Å². The molecule has 0 spiro atoms. The summed E-state index contributed by atoms with van der Waals surface area (Å²) in [7, 11) is -3.72. The van der Waals surface area contributed by atoms with Crippen LogP contribution in [0.4, 0.5) is 5.69 Å². The number of sulfonamides is 1. The van der Waals surface area contributed by atoms with E-state index in [0.29, 0.717) is 22.3 Å². The molecule has 172 valence electrons. The van der Waals surface area contributed by atoms with Gasteiger partial charge in [0.2, 0.25) is 10.0 Å². The van der Waals surface area contributed by atoms with Crippen LogP contribution in [0.1, 0.15) is 76.5 Å². The van der Waals surface area contributed by atoms with Crippen molar-refractivity contribution in [1.29, 1.82) is 0 Å². The van der Waals surface area contributed by atoms with Gasteiger partial charge in [-0.15, -0.1) is 0 Å². The molecule has 0 aliphatic rings. The molecule has 32 heavy (non-hydrogen) atoms. The number of nitrogens with one attached hydrogen (secondary N) is 2. The van der Waals surface area contributed by atoms with E-state index in [0.717, 1.165) is 5.69 Å². The Labute approximate surface area is 189 Å². The molecule has 2 aromatic heterocycles. The maximum atomic E-state index is 13.2. The highest BCUT2D eigenvalue weighted by Crippen LogP contribution is 2.26. The van der Waals surface area contributed by atoms with E-state index in [2.05, 4.69) is 15.1 Å². The number of aromatic nitrogens is 3. The van der Waals surface area contributed by atoms with Crippen LogP contribution in [0.15, 0.2) is 41.4 Å². The van der Waals surface area contributed by atoms with Gasteiger partial charge in [-0.2, -0.15) is 5.10 Å². The van der Waals surface area contributed by atoms with Gasteiger partial charge in [-0.05, 0) is 64.8 Å². The Balaban J connectivity index is 1.99. The highest BCUT2D eigenvalue weighted by molar-refractivity contribution is 7.89. The molecule has 0 fully saturated rings. The molecule has 0 atom stereocenters. The molecule has 0 aliphatic carbocycles. The minimum Gasteiger partial charge on any atom is -0.322 e. The Morgan fingerprint density at radius 1 is 1.09 bits per heavy atom. The molecule has 0 radical (unpaired) electrons. The molecular weight excluding hydrogens is 426 g/mol. The smallest absolute Gasteiger partial charge is 0.256 e. The Hall–Kier alpha value is -2.78. The lowest BCUT2D eigenvalue weighted by atomic mass is 10.0. The highest BCUT2D eigenvalue weighted by atomic mass is 32.2. The van der Waals surface area contributed by atoms with Crippen LogP contribution in [-0.4, -0.2) is 34.6 Å². The molecule has 2 heterocycles. The first kappa shape index (κ1) is 23.9. The summed E-state index contributed by atoms with van der Waals surface area (Å²) in [4.78, 5) is 18.0. The first-order valence-electron chi connectivity index (χ1n) is 10.6. The van der Waals surface area contributed by atoms with Crippen molar-refractivity contribution in [2.75, 3.05) is 5.32 Å². The Bertz CT molecular complexity index is 1250. The van der Waals surface area contributed by atoms with Crippen LogP contribution in [0.2, 0.25) is 0 Å². The molecule has 8 nitrogen and oxygen atoms in total. The Morgan fingerprint density at radius 3 is 2.38 bits per heavy atom. The Morgan fingerprint density at radius 2 is 1.78 bits per heavy atom. The summed E-state index contributed by atoms with van der Waals surface area (Å²) in [5.74, 6) is -0.223. The third-order valence-electron chi connectivity index (χ3n) is 4.75. The number of fused-ring (bicyclic) bond motifs is 1. The number of benzene rings is 1. The first-order chi connectivity index (χ1) is 14.8. The molecule has 2 N–H and O–H groups in total. The molecule has 0 aliphatic heterocycles. The molecule has 0 unspecified atom stereocenters. The summed E-state index contributed by atoms with van der Waals surface area (Å²) in [6.45, 7) is 13.4. The summed E-state index contributed by atoms with van der Waals surface area (Å²) < 4.78 is 29.8. The number of nitrogens with zero attached hydrogens (tertiary/aromatic N) is 3. The predicted molar refractivity (Wildman–Crippen MR) is 126 cm³/mol. The fraction of sp³-hybridized carbons (Fsp3) is 0.435. The summed E-state index contributed by atoms with van der Waals surface area (Å²) in [6.07, 6.45) is 1.65. The largest absolute Gasteiger partial charge is 0.322 e. The lowest BCUT2D eigenvalue weighted by Gasteiger charge is -2.20. The molecule has 1 amide bonds. The average Bonchev–Trinajstić information content (AvgIpc) is 3.09. The molecule has 0 saturated carbocycles. The standard InChI is InChI=1S/C23H31N5O3S/c1-14(2)20-12-18(19-13-24-28(15(3)4)21(19)26-20)22(29)25-16-9-8-10-17(11-16)32(30,31)27-23(5,6)7/h8-15,27H,1-7H3,(H,25,29). The number of anilines is 1. The second kappa shape index (κ2) is 8.63. The number of carbonyl (C=O) groups excluding carboxylic acids is 1. The van der Waals surface area contributed by atoms with Crippen molar-refractivity contribution in [3.05, 3.63) is 47.8 Å². The van der Waals surface area contributed by atoms with Crippen molar-refractivity contribution in [2.24, 2.45) is 0 Å². The third-order valence-corrected chi connectivity index (χ3v) is 6.51. The van der Waals surface area contributed by atoms with Gasteiger partial charge in [0.15, 0.2) is 5.65 Å². The van der Waals surface area contributed by atoms with Crippen LogP contribution in [0.25, 0.3) is 11.0 Å². The van der Waals surface area contributed by atoms with Gasteiger partial charge < -0.3 is 5.32 Å². The van der Waals surface area contributed by atoms with E-state index >= 15 is 0 Å².